The van der Waals surface area contributed by atoms with Crippen LogP contribution in [0, 0.1) is 11.8 Å². The Morgan fingerprint density at radius 1 is 1.00 bits per heavy atom. The number of cyclic esters (lactones) is 1. The molecule has 0 radical (unpaired) electrons. The summed E-state index contributed by atoms with van der Waals surface area (Å²) in [5.74, 6) is -1.45. The highest BCUT2D eigenvalue weighted by molar-refractivity contribution is 5.77. The average molecular weight is 402 g/mol. The number of ether oxygens (including phenoxy) is 4. The van der Waals surface area contributed by atoms with Gasteiger partial charge in [0.05, 0.1) is 5.60 Å². The van der Waals surface area contributed by atoms with E-state index in [0.29, 0.717) is 0 Å². The highest BCUT2D eigenvalue weighted by Crippen LogP contribution is 2.40. The Bertz CT molecular complexity index is 591. The smallest absolute Gasteiger partial charge is 0.335 e. The van der Waals surface area contributed by atoms with E-state index in [0.717, 1.165) is 12.8 Å². The summed E-state index contributed by atoms with van der Waals surface area (Å²) >= 11 is 0. The van der Waals surface area contributed by atoms with Crippen LogP contribution in [-0.4, -0.2) is 52.7 Å². The highest BCUT2D eigenvalue weighted by Gasteiger charge is 2.52. The summed E-state index contributed by atoms with van der Waals surface area (Å²) in [4.78, 5) is 32.9. The molecule has 2 aliphatic heterocycles. The van der Waals surface area contributed by atoms with Crippen LogP contribution in [0.15, 0.2) is 0 Å². The van der Waals surface area contributed by atoms with Gasteiger partial charge in [0.1, 0.15) is 5.60 Å². The van der Waals surface area contributed by atoms with E-state index in [9.17, 15) is 19.5 Å². The van der Waals surface area contributed by atoms with Crippen molar-refractivity contribution < 1.29 is 38.4 Å². The first-order valence-corrected chi connectivity index (χ1v) is 9.74. The minimum Gasteiger partial charge on any atom is -0.457 e. The second-order valence-corrected chi connectivity index (χ2v) is 7.95. The number of aliphatic hydroxyl groups is 1. The summed E-state index contributed by atoms with van der Waals surface area (Å²) in [6, 6.07) is 0. The van der Waals surface area contributed by atoms with Crippen molar-refractivity contribution in [3.05, 3.63) is 0 Å². The maximum Gasteiger partial charge on any atom is 0.335 e. The average Bonchev–Trinajstić information content (AvgIpc) is 2.95. The first-order chi connectivity index (χ1) is 12.8. The largest absolute Gasteiger partial charge is 0.457 e. The quantitative estimate of drug-likeness (QED) is 0.564. The van der Waals surface area contributed by atoms with Gasteiger partial charge in [-0.15, -0.1) is 0 Å². The number of hydrogen-bond acceptors (Lipinski definition) is 8. The first kappa shape index (κ1) is 24.4. The minimum absolute atomic E-state index is 0.0271. The Balaban J connectivity index is 0.000000307. The molecule has 1 N–H and O–H groups in total. The van der Waals surface area contributed by atoms with Crippen molar-refractivity contribution in [2.45, 2.75) is 97.9 Å². The summed E-state index contributed by atoms with van der Waals surface area (Å²) in [6.07, 6.45) is -0.779. The minimum atomic E-state index is -0.931. The van der Waals surface area contributed by atoms with E-state index in [1.54, 1.807) is 0 Å². The van der Waals surface area contributed by atoms with E-state index in [-0.39, 0.29) is 11.8 Å². The molecule has 8 nitrogen and oxygen atoms in total. The molecule has 28 heavy (non-hydrogen) atoms. The summed E-state index contributed by atoms with van der Waals surface area (Å²) in [5.41, 5.74) is -0.906. The van der Waals surface area contributed by atoms with Crippen molar-refractivity contribution in [3.8, 4) is 0 Å². The van der Waals surface area contributed by atoms with Crippen LogP contribution in [0.3, 0.4) is 0 Å². The molecule has 2 rings (SSSR count). The molecular formula is C20H34O8. The van der Waals surface area contributed by atoms with Crippen LogP contribution in [0.2, 0.25) is 0 Å². The Kier molecular flexibility index (Phi) is 8.02. The van der Waals surface area contributed by atoms with Crippen molar-refractivity contribution in [2.75, 3.05) is 0 Å². The van der Waals surface area contributed by atoms with Crippen molar-refractivity contribution in [1.29, 1.82) is 0 Å². The summed E-state index contributed by atoms with van der Waals surface area (Å²) in [6.45, 7) is 14.1. The van der Waals surface area contributed by atoms with Gasteiger partial charge in [0, 0.05) is 25.7 Å². The third kappa shape index (κ3) is 5.23. The lowest BCUT2D eigenvalue weighted by Gasteiger charge is -2.26. The molecule has 8 heteroatoms. The zero-order chi connectivity index (χ0) is 21.9. The van der Waals surface area contributed by atoms with Crippen molar-refractivity contribution in [2.24, 2.45) is 11.8 Å². The zero-order valence-corrected chi connectivity index (χ0v) is 18.1. The summed E-state index contributed by atoms with van der Waals surface area (Å²) in [7, 11) is 0. The Morgan fingerprint density at radius 2 is 1.50 bits per heavy atom. The van der Waals surface area contributed by atoms with Crippen LogP contribution in [0.25, 0.3) is 0 Å². The predicted molar refractivity (Wildman–Crippen MR) is 100 cm³/mol. The molecule has 162 valence electrons. The van der Waals surface area contributed by atoms with Crippen LogP contribution >= 0.6 is 0 Å². The van der Waals surface area contributed by atoms with Gasteiger partial charge in [0.25, 0.3) is 0 Å². The van der Waals surface area contributed by atoms with Crippen LogP contribution in [0.5, 0.6) is 0 Å². The third-order valence-corrected chi connectivity index (χ3v) is 6.11. The van der Waals surface area contributed by atoms with Gasteiger partial charge in [0.15, 0.2) is 12.2 Å². The number of carbonyl (C=O) groups excluding carboxylic acids is 3. The molecule has 0 aromatic rings. The van der Waals surface area contributed by atoms with Crippen molar-refractivity contribution in [3.63, 3.8) is 0 Å². The third-order valence-electron chi connectivity index (χ3n) is 6.11. The van der Waals surface area contributed by atoms with E-state index in [1.165, 1.54) is 13.8 Å². The topological polar surface area (TPSA) is 108 Å². The number of hydrogen-bond donors (Lipinski definition) is 1. The van der Waals surface area contributed by atoms with E-state index in [4.69, 9.17) is 18.9 Å². The molecule has 0 aliphatic carbocycles. The molecule has 0 aromatic carbocycles. The monoisotopic (exact) mass is 402 g/mol. The van der Waals surface area contributed by atoms with Gasteiger partial charge in [0.2, 0.25) is 6.29 Å². The number of rotatable bonds is 4. The van der Waals surface area contributed by atoms with Crippen molar-refractivity contribution in [1.82, 2.24) is 0 Å². The molecule has 2 fully saturated rings. The zero-order valence-electron chi connectivity index (χ0n) is 18.1. The Labute approximate surface area is 166 Å². The second kappa shape index (κ2) is 9.22. The highest BCUT2D eigenvalue weighted by atomic mass is 16.7. The molecule has 0 amide bonds. The predicted octanol–water partition coefficient (Wildman–Crippen LogP) is 2.35. The maximum absolute atomic E-state index is 11.1. The molecule has 2 aliphatic rings. The van der Waals surface area contributed by atoms with Gasteiger partial charge in [-0.05, 0) is 26.7 Å². The fraction of sp³-hybridized carbons (Fsp3) is 0.850. The van der Waals surface area contributed by atoms with Gasteiger partial charge in [-0.1, -0.05) is 27.7 Å². The lowest BCUT2D eigenvalue weighted by molar-refractivity contribution is -0.202. The number of esters is 3. The van der Waals surface area contributed by atoms with Gasteiger partial charge >= 0.3 is 17.9 Å². The molecule has 7 atom stereocenters. The van der Waals surface area contributed by atoms with E-state index in [2.05, 4.69) is 0 Å². The van der Waals surface area contributed by atoms with Gasteiger partial charge in [-0.25, -0.2) is 4.79 Å². The molecule has 2 heterocycles. The second-order valence-electron chi connectivity index (χ2n) is 7.95. The van der Waals surface area contributed by atoms with Crippen LogP contribution in [0.4, 0.5) is 0 Å². The lowest BCUT2D eigenvalue weighted by atomic mass is 9.87. The SMILES string of the molecule is CC[C@@]1(C)OC(=O)[C@H](O)[C@@H]1C.CC[C@@]1(C)O[C@H](OC(C)=O)[C@H](OC(C)=O)[C@@H]1C. The molecule has 0 saturated carbocycles. The van der Waals surface area contributed by atoms with Crippen LogP contribution in [0.1, 0.15) is 68.2 Å². The molecule has 0 aromatic heterocycles. The molecule has 0 unspecified atom stereocenters. The Hall–Kier alpha value is -1.67. The fourth-order valence-corrected chi connectivity index (χ4v) is 3.35. The van der Waals surface area contributed by atoms with E-state index in [1.807, 2.05) is 41.5 Å². The standard InChI is InChI=1S/C12H20O5.C8H14O3/c1-6-12(5)7(2)10(15-8(3)13)11(17-12)16-9(4)14;1-4-8(3)5(2)6(9)7(10)11-8/h7,10-11H,6H2,1-5H3;5-6,9H,4H2,1-3H3/t7-,10+,11-,12+;5-,6+,8+/m00/s1. The van der Waals surface area contributed by atoms with Crippen LogP contribution in [-0.2, 0) is 33.3 Å². The molecule has 0 bridgehead atoms. The molecule has 0 spiro atoms. The van der Waals surface area contributed by atoms with Gasteiger partial charge in [-0.3, -0.25) is 9.59 Å². The summed E-state index contributed by atoms with van der Waals surface area (Å²) < 4.78 is 21.0. The molecule has 2 saturated heterocycles. The van der Waals surface area contributed by atoms with Gasteiger partial charge < -0.3 is 24.1 Å². The van der Waals surface area contributed by atoms with E-state index < -0.39 is 47.6 Å². The Morgan fingerprint density at radius 3 is 1.82 bits per heavy atom. The number of aliphatic hydroxyl groups excluding tert-OH is 1. The lowest BCUT2D eigenvalue weighted by Crippen LogP contribution is -2.35. The van der Waals surface area contributed by atoms with Gasteiger partial charge in [-0.2, -0.15) is 0 Å². The fourth-order valence-electron chi connectivity index (χ4n) is 3.35. The summed E-state index contributed by atoms with van der Waals surface area (Å²) in [5, 5.41) is 9.26. The first-order valence-electron chi connectivity index (χ1n) is 9.74. The maximum atomic E-state index is 11.1. The van der Waals surface area contributed by atoms with Crippen LogP contribution < -0.4 is 0 Å². The number of carbonyl (C=O) groups is 3. The molecular weight excluding hydrogens is 368 g/mol. The van der Waals surface area contributed by atoms with Crippen molar-refractivity contribution >= 4 is 17.9 Å². The van der Waals surface area contributed by atoms with E-state index >= 15 is 0 Å². The normalized spacial score (nSPS) is 39.6.